The van der Waals surface area contributed by atoms with E-state index in [4.69, 9.17) is 0 Å². The van der Waals surface area contributed by atoms with Crippen molar-refractivity contribution < 1.29 is 8.42 Å². The zero-order valence-electron chi connectivity index (χ0n) is 7.94. The second-order valence-electron chi connectivity index (χ2n) is 3.22. The van der Waals surface area contributed by atoms with Crippen molar-refractivity contribution in [1.29, 1.82) is 0 Å². The molecule has 84 valence electrons. The molecule has 1 saturated heterocycles. The first kappa shape index (κ1) is 11.4. The van der Waals surface area contributed by atoms with Crippen LogP contribution in [0.4, 0.5) is 5.00 Å². The Bertz CT molecular complexity index is 443. The molecule has 2 rings (SSSR count). The van der Waals surface area contributed by atoms with Gasteiger partial charge in [-0.2, -0.15) is 0 Å². The minimum absolute atomic E-state index is 0.169. The number of hydrogen-bond acceptors (Lipinski definition) is 4. The van der Waals surface area contributed by atoms with Gasteiger partial charge in [0.1, 0.15) is 5.00 Å². The summed E-state index contributed by atoms with van der Waals surface area (Å²) in [6, 6.07) is 3.70. The molecule has 1 aliphatic rings. The Hall–Kier alpha value is -0.110. The number of thiophene rings is 1. The summed E-state index contributed by atoms with van der Waals surface area (Å²) in [7, 11) is -3.14. The highest BCUT2D eigenvalue weighted by Gasteiger charge is 2.25. The number of sulfonamides is 1. The van der Waals surface area contributed by atoms with Gasteiger partial charge in [-0.3, -0.25) is 4.31 Å². The lowest BCUT2D eigenvalue weighted by molar-refractivity contribution is 0.594. The van der Waals surface area contributed by atoms with Gasteiger partial charge in [0.15, 0.2) is 0 Å². The van der Waals surface area contributed by atoms with Crippen LogP contribution >= 0.6 is 27.3 Å². The largest absolute Gasteiger partial charge is 0.314 e. The third-order valence-electron chi connectivity index (χ3n) is 2.17. The van der Waals surface area contributed by atoms with Crippen LogP contribution in [0.1, 0.15) is 0 Å². The smallest absolute Gasteiger partial charge is 0.237 e. The Kier molecular flexibility index (Phi) is 3.34. The lowest BCUT2D eigenvalue weighted by Gasteiger charge is -2.19. The maximum absolute atomic E-state index is 11.9. The van der Waals surface area contributed by atoms with Crippen LogP contribution in [0, 0.1) is 0 Å². The summed E-state index contributed by atoms with van der Waals surface area (Å²) in [6.07, 6.45) is 0. The molecule has 1 aromatic rings. The van der Waals surface area contributed by atoms with Crippen LogP contribution in [0.5, 0.6) is 0 Å². The molecular formula is C8H11BrN2O2S2. The van der Waals surface area contributed by atoms with Crippen molar-refractivity contribution in [1.82, 2.24) is 5.32 Å². The maximum atomic E-state index is 11.9. The summed E-state index contributed by atoms with van der Waals surface area (Å²) in [4.78, 5) is 0. The Labute approximate surface area is 101 Å². The average Bonchev–Trinajstić information content (AvgIpc) is 2.49. The summed E-state index contributed by atoms with van der Waals surface area (Å²) in [5.74, 6) is 0.169. The molecule has 0 atom stereocenters. The van der Waals surface area contributed by atoms with Gasteiger partial charge < -0.3 is 5.32 Å². The minimum Gasteiger partial charge on any atom is -0.314 e. The summed E-state index contributed by atoms with van der Waals surface area (Å²) >= 11 is 4.78. The van der Waals surface area contributed by atoms with Crippen LogP contribution in [0.2, 0.25) is 0 Å². The highest BCUT2D eigenvalue weighted by Crippen LogP contribution is 2.31. The third kappa shape index (κ3) is 2.52. The van der Waals surface area contributed by atoms with Gasteiger partial charge in [-0.1, -0.05) is 0 Å². The minimum atomic E-state index is -3.14. The van der Waals surface area contributed by atoms with Crippen molar-refractivity contribution in [2.75, 3.05) is 29.7 Å². The van der Waals surface area contributed by atoms with Crippen LogP contribution in [0.3, 0.4) is 0 Å². The number of anilines is 1. The van der Waals surface area contributed by atoms with Crippen LogP contribution in [-0.2, 0) is 10.0 Å². The van der Waals surface area contributed by atoms with Gasteiger partial charge in [0, 0.05) is 19.6 Å². The second kappa shape index (κ2) is 4.40. The fourth-order valence-corrected chi connectivity index (χ4v) is 4.52. The quantitative estimate of drug-likeness (QED) is 0.849. The number of hydrogen-bond donors (Lipinski definition) is 1. The summed E-state index contributed by atoms with van der Waals surface area (Å²) in [5.41, 5.74) is 0. The van der Waals surface area contributed by atoms with Crippen LogP contribution in [-0.4, -0.2) is 33.8 Å². The predicted octanol–water partition coefficient (Wildman–Crippen LogP) is 1.25. The molecule has 0 unspecified atom stereocenters. The predicted molar refractivity (Wildman–Crippen MR) is 66.0 cm³/mol. The van der Waals surface area contributed by atoms with Crippen molar-refractivity contribution >= 4 is 42.3 Å². The monoisotopic (exact) mass is 310 g/mol. The van der Waals surface area contributed by atoms with Crippen molar-refractivity contribution in [3.05, 3.63) is 15.9 Å². The lowest BCUT2D eigenvalue weighted by atomic mass is 10.5. The molecule has 0 saturated carbocycles. The lowest BCUT2D eigenvalue weighted by Crippen LogP contribution is -2.32. The fourth-order valence-electron chi connectivity index (χ4n) is 1.44. The van der Waals surface area contributed by atoms with Crippen LogP contribution in [0.15, 0.2) is 15.9 Å². The molecular weight excluding hydrogens is 300 g/mol. The van der Waals surface area contributed by atoms with Crippen molar-refractivity contribution in [3.63, 3.8) is 0 Å². The number of nitrogens with zero attached hydrogens (tertiary/aromatic N) is 1. The first-order chi connectivity index (χ1) is 7.09. The molecule has 0 spiro atoms. The first-order valence-electron chi connectivity index (χ1n) is 4.56. The molecule has 15 heavy (non-hydrogen) atoms. The molecule has 4 nitrogen and oxygen atoms in total. The molecule has 1 aromatic heterocycles. The Balaban J connectivity index is 2.33. The van der Waals surface area contributed by atoms with Crippen molar-refractivity contribution in [2.24, 2.45) is 0 Å². The van der Waals surface area contributed by atoms with Gasteiger partial charge in [-0.25, -0.2) is 8.42 Å². The molecule has 7 heteroatoms. The highest BCUT2D eigenvalue weighted by atomic mass is 79.9. The number of nitrogens with one attached hydrogen (secondary N) is 1. The molecule has 0 amide bonds. The van der Waals surface area contributed by atoms with Crippen molar-refractivity contribution in [2.45, 2.75) is 0 Å². The normalized spacial score (nSPS) is 21.3. The Morgan fingerprint density at radius 2 is 2.20 bits per heavy atom. The summed E-state index contributed by atoms with van der Waals surface area (Å²) in [6.45, 7) is 1.75. The molecule has 1 fully saturated rings. The summed E-state index contributed by atoms with van der Waals surface area (Å²) in [5, 5.41) is 3.86. The van der Waals surface area contributed by atoms with Gasteiger partial charge in [-0.05, 0) is 28.1 Å². The molecule has 1 N–H and O–H groups in total. The standard InChI is InChI=1S/C8H11BrN2O2S2/c9-7-1-2-8(14-7)11-5-3-10-4-6-15(11,12)13/h1-2,10H,3-6H2. The van der Waals surface area contributed by atoms with Crippen molar-refractivity contribution in [3.8, 4) is 0 Å². The van der Waals surface area contributed by atoms with Crippen LogP contribution in [0.25, 0.3) is 0 Å². The first-order valence-corrected chi connectivity index (χ1v) is 7.78. The van der Waals surface area contributed by atoms with Gasteiger partial charge in [0.25, 0.3) is 0 Å². The molecule has 0 aliphatic carbocycles. The zero-order valence-corrected chi connectivity index (χ0v) is 11.2. The van der Waals surface area contributed by atoms with E-state index in [-0.39, 0.29) is 5.75 Å². The Morgan fingerprint density at radius 1 is 1.40 bits per heavy atom. The van der Waals surface area contributed by atoms with E-state index in [0.29, 0.717) is 19.6 Å². The molecule has 1 aliphatic heterocycles. The third-order valence-corrected chi connectivity index (χ3v) is 5.70. The second-order valence-corrected chi connectivity index (χ2v) is 7.67. The molecule has 0 radical (unpaired) electrons. The SMILES string of the molecule is O=S1(=O)CCNCCN1c1ccc(Br)s1. The van der Waals surface area contributed by atoms with E-state index in [1.54, 1.807) is 0 Å². The van der Waals surface area contributed by atoms with E-state index in [1.165, 1.54) is 15.6 Å². The number of halogens is 1. The molecule has 2 heterocycles. The van der Waals surface area contributed by atoms with E-state index in [1.807, 2.05) is 12.1 Å². The van der Waals surface area contributed by atoms with Crippen LogP contribution < -0.4 is 9.62 Å². The highest BCUT2D eigenvalue weighted by molar-refractivity contribution is 9.11. The Morgan fingerprint density at radius 3 is 2.87 bits per heavy atom. The molecule has 0 bridgehead atoms. The fraction of sp³-hybridized carbons (Fsp3) is 0.500. The summed E-state index contributed by atoms with van der Waals surface area (Å²) < 4.78 is 26.2. The van der Waals surface area contributed by atoms with Gasteiger partial charge in [0.05, 0.1) is 9.54 Å². The average molecular weight is 311 g/mol. The molecule has 0 aromatic carbocycles. The van der Waals surface area contributed by atoms with Gasteiger partial charge in [-0.15, -0.1) is 11.3 Å². The van der Waals surface area contributed by atoms with E-state index >= 15 is 0 Å². The number of rotatable bonds is 1. The van der Waals surface area contributed by atoms with E-state index < -0.39 is 10.0 Å². The zero-order chi connectivity index (χ0) is 10.9. The van der Waals surface area contributed by atoms with E-state index in [0.717, 1.165) is 8.79 Å². The van der Waals surface area contributed by atoms with E-state index in [2.05, 4.69) is 21.2 Å². The van der Waals surface area contributed by atoms with Gasteiger partial charge in [0.2, 0.25) is 10.0 Å². The topological polar surface area (TPSA) is 49.4 Å². The van der Waals surface area contributed by atoms with E-state index in [9.17, 15) is 8.42 Å². The van der Waals surface area contributed by atoms with Gasteiger partial charge >= 0.3 is 0 Å². The maximum Gasteiger partial charge on any atom is 0.237 e.